The van der Waals surface area contributed by atoms with Crippen LogP contribution in [-0.4, -0.2) is 43.0 Å². The molecular weight excluding hydrogens is 238 g/mol. The van der Waals surface area contributed by atoms with Crippen LogP contribution in [0, 0.1) is 5.92 Å². The minimum absolute atomic E-state index is 0.153. The van der Waals surface area contributed by atoms with E-state index in [2.05, 4.69) is 24.1 Å². The summed E-state index contributed by atoms with van der Waals surface area (Å²) in [6.07, 6.45) is 6.33. The standard InChI is InChI=1S/C15H31N3O/c1-3-13(4-2)14(18-10-5-6-11-18)12-17-15(19)8-7-9-16/h13-14H,3-12,16H2,1-2H3,(H,17,19). The Kier molecular flexibility index (Phi) is 8.07. The van der Waals surface area contributed by atoms with Crippen LogP contribution in [0.15, 0.2) is 0 Å². The van der Waals surface area contributed by atoms with Gasteiger partial charge in [-0.15, -0.1) is 0 Å². The highest BCUT2D eigenvalue weighted by Crippen LogP contribution is 2.22. The number of nitrogens with zero attached hydrogens (tertiary/aromatic N) is 1. The number of nitrogens with one attached hydrogen (secondary N) is 1. The maximum absolute atomic E-state index is 11.7. The lowest BCUT2D eigenvalue weighted by Crippen LogP contribution is -2.46. The molecule has 0 aliphatic carbocycles. The van der Waals surface area contributed by atoms with Crippen molar-refractivity contribution < 1.29 is 4.79 Å². The summed E-state index contributed by atoms with van der Waals surface area (Å²) in [6, 6.07) is 0.513. The van der Waals surface area contributed by atoms with Crippen LogP contribution < -0.4 is 11.1 Å². The first-order valence-corrected chi connectivity index (χ1v) is 7.93. The van der Waals surface area contributed by atoms with Crippen molar-refractivity contribution in [2.24, 2.45) is 11.7 Å². The maximum atomic E-state index is 11.7. The Hall–Kier alpha value is -0.610. The second-order valence-electron chi connectivity index (χ2n) is 5.58. The van der Waals surface area contributed by atoms with Gasteiger partial charge in [0.25, 0.3) is 0 Å². The molecule has 1 atom stereocenters. The van der Waals surface area contributed by atoms with E-state index in [1.54, 1.807) is 0 Å². The quantitative estimate of drug-likeness (QED) is 0.670. The van der Waals surface area contributed by atoms with Crippen LogP contribution in [0.5, 0.6) is 0 Å². The molecule has 1 fully saturated rings. The molecule has 0 radical (unpaired) electrons. The zero-order chi connectivity index (χ0) is 14.1. The van der Waals surface area contributed by atoms with Crippen LogP contribution >= 0.6 is 0 Å². The fraction of sp³-hybridized carbons (Fsp3) is 0.933. The topological polar surface area (TPSA) is 58.4 Å². The number of amides is 1. The smallest absolute Gasteiger partial charge is 0.220 e. The van der Waals surface area contributed by atoms with Crippen LogP contribution in [0.4, 0.5) is 0 Å². The minimum Gasteiger partial charge on any atom is -0.355 e. The lowest BCUT2D eigenvalue weighted by Gasteiger charge is -2.34. The van der Waals surface area contributed by atoms with Crippen molar-refractivity contribution in [1.29, 1.82) is 0 Å². The highest BCUT2D eigenvalue weighted by Gasteiger charge is 2.27. The van der Waals surface area contributed by atoms with Gasteiger partial charge in [0, 0.05) is 19.0 Å². The van der Waals surface area contributed by atoms with Crippen molar-refractivity contribution in [3.05, 3.63) is 0 Å². The fourth-order valence-electron chi connectivity index (χ4n) is 3.07. The van der Waals surface area contributed by atoms with Crippen molar-refractivity contribution in [3.63, 3.8) is 0 Å². The van der Waals surface area contributed by atoms with Gasteiger partial charge in [0.15, 0.2) is 0 Å². The van der Waals surface area contributed by atoms with Crippen molar-refractivity contribution >= 4 is 5.91 Å². The van der Waals surface area contributed by atoms with E-state index < -0.39 is 0 Å². The van der Waals surface area contributed by atoms with Gasteiger partial charge >= 0.3 is 0 Å². The van der Waals surface area contributed by atoms with Crippen molar-refractivity contribution in [2.75, 3.05) is 26.2 Å². The molecule has 1 unspecified atom stereocenters. The first-order chi connectivity index (χ1) is 9.22. The van der Waals surface area contributed by atoms with E-state index >= 15 is 0 Å². The van der Waals surface area contributed by atoms with Gasteiger partial charge in [-0.3, -0.25) is 9.69 Å². The van der Waals surface area contributed by atoms with Gasteiger partial charge in [-0.1, -0.05) is 26.7 Å². The number of hydrogen-bond donors (Lipinski definition) is 2. The largest absolute Gasteiger partial charge is 0.355 e. The molecular formula is C15H31N3O. The van der Waals surface area contributed by atoms with Gasteiger partial charge in [0.1, 0.15) is 0 Å². The zero-order valence-corrected chi connectivity index (χ0v) is 12.7. The SMILES string of the molecule is CCC(CC)C(CNC(=O)CCCN)N1CCCC1. The van der Waals surface area contributed by atoms with Gasteiger partial charge < -0.3 is 11.1 Å². The van der Waals surface area contributed by atoms with Crippen molar-refractivity contribution in [3.8, 4) is 0 Å². The Labute approximate surface area is 118 Å². The van der Waals surface area contributed by atoms with E-state index in [0.29, 0.717) is 24.9 Å². The van der Waals surface area contributed by atoms with Gasteiger partial charge in [-0.05, 0) is 44.8 Å². The normalized spacial score (nSPS) is 17.9. The predicted octanol–water partition coefficient (Wildman–Crippen LogP) is 1.74. The average Bonchev–Trinajstić information content (AvgIpc) is 2.94. The number of nitrogens with two attached hydrogens (primary N) is 1. The zero-order valence-electron chi connectivity index (χ0n) is 12.7. The molecule has 4 heteroatoms. The van der Waals surface area contributed by atoms with Gasteiger partial charge in [-0.2, -0.15) is 0 Å². The van der Waals surface area contributed by atoms with Crippen molar-refractivity contribution in [1.82, 2.24) is 10.2 Å². The van der Waals surface area contributed by atoms with E-state index in [1.165, 1.54) is 38.8 Å². The third kappa shape index (κ3) is 5.49. The Bertz CT molecular complexity index is 246. The molecule has 1 heterocycles. The molecule has 4 nitrogen and oxygen atoms in total. The molecule has 0 aromatic rings. The van der Waals surface area contributed by atoms with Crippen LogP contribution in [0.25, 0.3) is 0 Å². The molecule has 1 saturated heterocycles. The van der Waals surface area contributed by atoms with Gasteiger partial charge in [-0.25, -0.2) is 0 Å². The van der Waals surface area contributed by atoms with Gasteiger partial charge in [0.05, 0.1) is 0 Å². The van der Waals surface area contributed by atoms with E-state index in [-0.39, 0.29) is 5.91 Å². The van der Waals surface area contributed by atoms with Crippen LogP contribution in [0.2, 0.25) is 0 Å². The Balaban J connectivity index is 2.46. The number of hydrogen-bond acceptors (Lipinski definition) is 3. The predicted molar refractivity (Wildman–Crippen MR) is 80.0 cm³/mol. The second-order valence-corrected chi connectivity index (χ2v) is 5.58. The molecule has 3 N–H and O–H groups in total. The monoisotopic (exact) mass is 269 g/mol. The van der Waals surface area contributed by atoms with E-state index in [0.717, 1.165) is 13.0 Å². The summed E-state index contributed by atoms with van der Waals surface area (Å²) in [5, 5.41) is 3.11. The third-order valence-electron chi connectivity index (χ3n) is 4.32. The number of likely N-dealkylation sites (tertiary alicyclic amines) is 1. The molecule has 0 bridgehead atoms. The van der Waals surface area contributed by atoms with Gasteiger partial charge in [0.2, 0.25) is 5.91 Å². The molecule has 1 aliphatic rings. The Morgan fingerprint density at radius 1 is 1.26 bits per heavy atom. The summed E-state index contributed by atoms with van der Waals surface area (Å²) in [6.45, 7) is 8.30. The second kappa shape index (κ2) is 9.32. The van der Waals surface area contributed by atoms with Crippen LogP contribution in [0.3, 0.4) is 0 Å². The molecule has 0 aromatic carbocycles. The highest BCUT2D eigenvalue weighted by atomic mass is 16.1. The summed E-state index contributed by atoms with van der Waals surface area (Å²) < 4.78 is 0. The lowest BCUT2D eigenvalue weighted by molar-refractivity contribution is -0.121. The molecule has 0 saturated carbocycles. The van der Waals surface area contributed by atoms with Crippen molar-refractivity contribution in [2.45, 2.75) is 58.4 Å². The summed E-state index contributed by atoms with van der Waals surface area (Å²) in [4.78, 5) is 14.3. The van der Waals surface area contributed by atoms with E-state index in [1.807, 2.05) is 0 Å². The fourth-order valence-corrected chi connectivity index (χ4v) is 3.07. The summed E-state index contributed by atoms with van der Waals surface area (Å²) in [5.74, 6) is 0.841. The number of carbonyl (C=O) groups excluding carboxylic acids is 1. The lowest BCUT2D eigenvalue weighted by atomic mass is 9.93. The summed E-state index contributed by atoms with van der Waals surface area (Å²) in [7, 11) is 0. The molecule has 1 amide bonds. The van der Waals surface area contributed by atoms with Crippen LogP contribution in [0.1, 0.15) is 52.4 Å². The molecule has 19 heavy (non-hydrogen) atoms. The first kappa shape index (κ1) is 16.4. The molecule has 0 spiro atoms. The molecule has 1 rings (SSSR count). The molecule has 1 aliphatic heterocycles. The Morgan fingerprint density at radius 3 is 2.42 bits per heavy atom. The first-order valence-electron chi connectivity index (χ1n) is 7.93. The number of rotatable bonds is 9. The third-order valence-corrected chi connectivity index (χ3v) is 4.32. The maximum Gasteiger partial charge on any atom is 0.220 e. The minimum atomic E-state index is 0.153. The summed E-state index contributed by atoms with van der Waals surface area (Å²) in [5.41, 5.74) is 5.44. The van der Waals surface area contributed by atoms with E-state index in [9.17, 15) is 4.79 Å². The molecule has 0 aromatic heterocycles. The van der Waals surface area contributed by atoms with Crippen LogP contribution in [-0.2, 0) is 4.79 Å². The number of carbonyl (C=O) groups is 1. The molecule has 112 valence electrons. The Morgan fingerprint density at radius 2 is 1.89 bits per heavy atom. The highest BCUT2D eigenvalue weighted by molar-refractivity contribution is 5.75. The summed E-state index contributed by atoms with van der Waals surface area (Å²) >= 11 is 0. The van der Waals surface area contributed by atoms with E-state index in [4.69, 9.17) is 5.73 Å². The average molecular weight is 269 g/mol.